The summed E-state index contributed by atoms with van der Waals surface area (Å²) in [5.41, 5.74) is 3.45. The Kier molecular flexibility index (Phi) is 1.34. The number of amides is 1. The number of nitrogens with zero attached hydrogens (tertiary/aromatic N) is 1. The van der Waals surface area contributed by atoms with Gasteiger partial charge in [0.05, 0.1) is 5.41 Å². The molecule has 3 nitrogen and oxygen atoms in total. The molecule has 3 aliphatic rings. The van der Waals surface area contributed by atoms with Crippen LogP contribution in [0.25, 0.3) is 0 Å². The monoisotopic (exact) mass is 194 g/mol. The van der Waals surface area contributed by atoms with E-state index in [9.17, 15) is 4.79 Å². The van der Waals surface area contributed by atoms with Gasteiger partial charge in [-0.15, -0.1) is 0 Å². The SMILES string of the molecule is CN1N[C@H]2C[C@H]3CC[C@]2(C1=O)C3(C)C. The second-order valence-electron chi connectivity index (χ2n) is 5.71. The Labute approximate surface area is 84.8 Å². The largest absolute Gasteiger partial charge is 0.280 e. The third kappa shape index (κ3) is 0.630. The lowest BCUT2D eigenvalue weighted by molar-refractivity contribution is -0.139. The van der Waals surface area contributed by atoms with Crippen molar-refractivity contribution in [1.29, 1.82) is 0 Å². The van der Waals surface area contributed by atoms with Gasteiger partial charge in [-0.1, -0.05) is 13.8 Å². The molecule has 1 aliphatic heterocycles. The van der Waals surface area contributed by atoms with Gasteiger partial charge in [0.25, 0.3) is 0 Å². The smallest absolute Gasteiger partial charge is 0.244 e. The predicted molar refractivity (Wildman–Crippen MR) is 53.2 cm³/mol. The molecule has 3 fully saturated rings. The van der Waals surface area contributed by atoms with E-state index in [0.717, 1.165) is 12.3 Å². The normalized spacial score (nSPS) is 48.8. The molecule has 1 N–H and O–H groups in total. The van der Waals surface area contributed by atoms with Crippen molar-refractivity contribution in [3.05, 3.63) is 0 Å². The Morgan fingerprint density at radius 1 is 1.50 bits per heavy atom. The Morgan fingerprint density at radius 2 is 2.21 bits per heavy atom. The fourth-order valence-corrected chi connectivity index (χ4v) is 4.26. The van der Waals surface area contributed by atoms with Crippen LogP contribution in [0.1, 0.15) is 33.1 Å². The summed E-state index contributed by atoms with van der Waals surface area (Å²) in [5.74, 6) is 1.07. The standard InChI is InChI=1S/C11H18N2O/c1-10(2)7-4-5-11(10)8(6-7)12-13(3)9(11)14/h7-8,12H,4-6H2,1-3H3/t7-,8+,11+/m1/s1. The zero-order valence-electron chi connectivity index (χ0n) is 9.13. The molecule has 3 rings (SSSR count). The Bertz CT molecular complexity index is 312. The van der Waals surface area contributed by atoms with Crippen molar-refractivity contribution in [3.63, 3.8) is 0 Å². The minimum Gasteiger partial charge on any atom is -0.280 e. The van der Waals surface area contributed by atoms with Crippen LogP contribution >= 0.6 is 0 Å². The van der Waals surface area contributed by atoms with E-state index in [1.807, 2.05) is 7.05 Å². The topological polar surface area (TPSA) is 32.3 Å². The third-order valence-electron chi connectivity index (χ3n) is 5.21. The van der Waals surface area contributed by atoms with Crippen LogP contribution in [0.3, 0.4) is 0 Å². The van der Waals surface area contributed by atoms with E-state index >= 15 is 0 Å². The van der Waals surface area contributed by atoms with Gasteiger partial charge in [-0.2, -0.15) is 0 Å². The van der Waals surface area contributed by atoms with Gasteiger partial charge < -0.3 is 0 Å². The average molecular weight is 194 g/mol. The van der Waals surface area contributed by atoms with Crippen molar-refractivity contribution >= 4 is 5.91 Å². The average Bonchev–Trinajstić information content (AvgIpc) is 2.60. The molecular formula is C11H18N2O. The lowest BCUT2D eigenvalue weighted by Gasteiger charge is -2.34. The molecule has 3 atom stereocenters. The molecule has 14 heavy (non-hydrogen) atoms. The van der Waals surface area contributed by atoms with Crippen molar-refractivity contribution in [3.8, 4) is 0 Å². The molecule has 3 heteroatoms. The summed E-state index contributed by atoms with van der Waals surface area (Å²) in [4.78, 5) is 12.2. The Hall–Kier alpha value is -0.570. The molecule has 2 aliphatic carbocycles. The number of fused-ring (bicyclic) bond motifs is 1. The van der Waals surface area contributed by atoms with Gasteiger partial charge in [0, 0.05) is 13.1 Å². The van der Waals surface area contributed by atoms with E-state index in [0.29, 0.717) is 11.9 Å². The summed E-state index contributed by atoms with van der Waals surface area (Å²) < 4.78 is 0. The van der Waals surface area contributed by atoms with Gasteiger partial charge in [-0.3, -0.25) is 9.80 Å². The summed E-state index contributed by atoms with van der Waals surface area (Å²) >= 11 is 0. The van der Waals surface area contributed by atoms with E-state index in [-0.39, 0.29) is 10.8 Å². The summed E-state index contributed by atoms with van der Waals surface area (Å²) in [5, 5.41) is 1.72. The molecule has 2 bridgehead atoms. The highest BCUT2D eigenvalue weighted by atomic mass is 16.2. The fraction of sp³-hybridized carbons (Fsp3) is 0.909. The molecule has 1 spiro atoms. The van der Waals surface area contributed by atoms with Crippen LogP contribution < -0.4 is 5.43 Å². The third-order valence-corrected chi connectivity index (χ3v) is 5.21. The molecule has 0 unspecified atom stereocenters. The molecule has 0 aromatic heterocycles. The van der Waals surface area contributed by atoms with Gasteiger partial charge >= 0.3 is 0 Å². The number of nitrogens with one attached hydrogen (secondary N) is 1. The van der Waals surface area contributed by atoms with Crippen molar-refractivity contribution < 1.29 is 4.79 Å². The second kappa shape index (κ2) is 2.16. The molecular weight excluding hydrogens is 176 g/mol. The number of hydrogen-bond acceptors (Lipinski definition) is 2. The van der Waals surface area contributed by atoms with E-state index in [1.165, 1.54) is 12.8 Å². The van der Waals surface area contributed by atoms with Crippen LogP contribution in [0.15, 0.2) is 0 Å². The zero-order valence-corrected chi connectivity index (χ0v) is 9.13. The van der Waals surface area contributed by atoms with Crippen LogP contribution in [0.4, 0.5) is 0 Å². The maximum absolute atomic E-state index is 12.2. The summed E-state index contributed by atoms with van der Waals surface area (Å²) in [6.07, 6.45) is 3.51. The van der Waals surface area contributed by atoms with Crippen molar-refractivity contribution in [1.82, 2.24) is 10.4 Å². The quantitative estimate of drug-likeness (QED) is 0.627. The molecule has 1 heterocycles. The molecule has 0 aromatic carbocycles. The number of carbonyl (C=O) groups excluding carboxylic acids is 1. The minimum atomic E-state index is -0.0770. The molecule has 78 valence electrons. The number of carbonyl (C=O) groups is 1. The fourth-order valence-electron chi connectivity index (χ4n) is 4.26. The highest BCUT2D eigenvalue weighted by molar-refractivity contribution is 5.87. The van der Waals surface area contributed by atoms with E-state index in [4.69, 9.17) is 0 Å². The predicted octanol–water partition coefficient (Wildman–Crippen LogP) is 1.16. The molecule has 0 radical (unpaired) electrons. The number of hydrazine groups is 1. The van der Waals surface area contributed by atoms with E-state index < -0.39 is 0 Å². The van der Waals surface area contributed by atoms with Gasteiger partial charge in [0.2, 0.25) is 5.91 Å². The van der Waals surface area contributed by atoms with Gasteiger partial charge in [-0.05, 0) is 30.6 Å². The molecule has 2 saturated carbocycles. The highest BCUT2D eigenvalue weighted by Gasteiger charge is 2.71. The van der Waals surface area contributed by atoms with E-state index in [2.05, 4.69) is 19.3 Å². The van der Waals surface area contributed by atoms with Crippen molar-refractivity contribution in [2.45, 2.75) is 39.2 Å². The lowest BCUT2D eigenvalue weighted by atomic mass is 9.68. The van der Waals surface area contributed by atoms with Crippen LogP contribution in [-0.2, 0) is 4.79 Å². The molecule has 1 amide bonds. The number of rotatable bonds is 0. The molecule has 1 saturated heterocycles. The van der Waals surface area contributed by atoms with Crippen LogP contribution in [0.2, 0.25) is 0 Å². The summed E-state index contributed by atoms with van der Waals surface area (Å²) in [6.45, 7) is 4.56. The number of hydrogen-bond donors (Lipinski definition) is 1. The summed E-state index contributed by atoms with van der Waals surface area (Å²) in [7, 11) is 1.86. The van der Waals surface area contributed by atoms with Crippen LogP contribution in [0, 0.1) is 16.7 Å². The maximum Gasteiger partial charge on any atom is 0.244 e. The summed E-state index contributed by atoms with van der Waals surface area (Å²) in [6, 6.07) is 0.411. The first-order chi connectivity index (χ1) is 6.50. The first-order valence-electron chi connectivity index (χ1n) is 5.54. The zero-order chi connectivity index (χ0) is 10.1. The maximum atomic E-state index is 12.2. The van der Waals surface area contributed by atoms with E-state index in [1.54, 1.807) is 5.01 Å². The lowest BCUT2D eigenvalue weighted by Crippen LogP contribution is -2.42. The highest BCUT2D eigenvalue weighted by Crippen LogP contribution is 2.67. The van der Waals surface area contributed by atoms with Crippen molar-refractivity contribution in [2.75, 3.05) is 7.05 Å². The van der Waals surface area contributed by atoms with Gasteiger partial charge in [-0.25, -0.2) is 5.43 Å². The van der Waals surface area contributed by atoms with Crippen LogP contribution in [0.5, 0.6) is 0 Å². The first-order valence-corrected chi connectivity index (χ1v) is 5.54. The minimum absolute atomic E-state index is 0.0770. The Balaban J connectivity index is 2.14. The van der Waals surface area contributed by atoms with Gasteiger partial charge in [0.15, 0.2) is 0 Å². The van der Waals surface area contributed by atoms with Crippen LogP contribution in [-0.4, -0.2) is 24.0 Å². The van der Waals surface area contributed by atoms with Crippen molar-refractivity contribution in [2.24, 2.45) is 16.7 Å². The molecule has 0 aromatic rings. The second-order valence-corrected chi connectivity index (χ2v) is 5.71. The first kappa shape index (κ1) is 8.72. The Morgan fingerprint density at radius 3 is 2.79 bits per heavy atom. The van der Waals surface area contributed by atoms with Gasteiger partial charge in [0.1, 0.15) is 0 Å².